The molecule has 0 aliphatic heterocycles. The van der Waals surface area contributed by atoms with Crippen molar-refractivity contribution >= 4 is 33.7 Å². The maximum atomic E-state index is 7.66. The first-order valence-corrected chi connectivity index (χ1v) is 9.72. The largest absolute Gasteiger partial charge is 0.379 e. The van der Waals surface area contributed by atoms with Crippen LogP contribution >= 0.6 is 23.5 Å². The number of hydrogen-bond acceptors (Lipinski definition) is 5. The molecule has 5 N–H and O–H groups in total. The summed E-state index contributed by atoms with van der Waals surface area (Å²) in [4.78, 5) is 7.26. The number of thioether (sulfide) groups is 2. The van der Waals surface area contributed by atoms with Crippen LogP contribution in [0, 0.1) is 10.8 Å². The second-order valence-corrected chi connectivity index (χ2v) is 7.92. The lowest BCUT2D eigenvalue weighted by Gasteiger charge is -2.16. The lowest BCUT2D eigenvalue weighted by Crippen LogP contribution is -2.08. The van der Waals surface area contributed by atoms with E-state index in [4.69, 9.17) is 16.6 Å². The van der Waals surface area contributed by atoms with Crippen LogP contribution in [0.2, 0.25) is 0 Å². The predicted molar refractivity (Wildman–Crippen MR) is 105 cm³/mol. The molecule has 7 heteroatoms. The SMILES string of the molecule is CC(=N)SC[C@H](Cc1cnc[nH]1)c1ccc(CCSC(=N)N)cc1. The highest BCUT2D eigenvalue weighted by molar-refractivity contribution is 8.13. The molecule has 0 aliphatic carbocycles. The van der Waals surface area contributed by atoms with Gasteiger partial charge in [0.15, 0.2) is 5.17 Å². The third kappa shape index (κ3) is 6.41. The molecule has 0 bridgehead atoms. The standard InChI is InChI=1S/C17H23N5S2/c1-12(18)24-10-15(8-16-9-21-11-22-16)14-4-2-13(3-5-14)6-7-23-17(19)20/h2-5,9,11,15,18H,6-8,10H2,1H3,(H3,19,20)(H,21,22)/t15-/m0/s1. The van der Waals surface area contributed by atoms with Crippen LogP contribution < -0.4 is 5.73 Å². The first-order valence-electron chi connectivity index (χ1n) is 7.75. The zero-order chi connectivity index (χ0) is 17.4. The number of nitrogens with two attached hydrogens (primary N) is 1. The zero-order valence-corrected chi connectivity index (χ0v) is 15.3. The summed E-state index contributed by atoms with van der Waals surface area (Å²) in [5.41, 5.74) is 9.01. The Morgan fingerprint density at radius 2 is 2.00 bits per heavy atom. The van der Waals surface area contributed by atoms with E-state index in [-0.39, 0.29) is 5.17 Å². The van der Waals surface area contributed by atoms with Crippen LogP contribution in [0.3, 0.4) is 0 Å². The molecule has 0 saturated carbocycles. The second-order valence-electron chi connectivity index (χ2n) is 5.55. The predicted octanol–water partition coefficient (Wildman–Crippen LogP) is 3.64. The van der Waals surface area contributed by atoms with Crippen molar-refractivity contribution in [3.63, 3.8) is 0 Å². The van der Waals surface area contributed by atoms with Crippen LogP contribution in [-0.2, 0) is 12.8 Å². The first-order chi connectivity index (χ1) is 11.5. The number of nitrogens with zero attached hydrogens (tertiary/aromatic N) is 1. The van der Waals surface area contributed by atoms with Gasteiger partial charge in [0, 0.05) is 23.4 Å². The lowest BCUT2D eigenvalue weighted by atomic mass is 9.95. The fourth-order valence-corrected chi connectivity index (χ4v) is 3.71. The van der Waals surface area contributed by atoms with Gasteiger partial charge in [0.1, 0.15) is 0 Å². The first kappa shape index (κ1) is 18.6. The Labute approximate surface area is 151 Å². The molecule has 5 nitrogen and oxygen atoms in total. The number of imidazole rings is 1. The Morgan fingerprint density at radius 1 is 1.25 bits per heavy atom. The van der Waals surface area contributed by atoms with Crippen LogP contribution in [-0.4, -0.2) is 31.7 Å². The van der Waals surface area contributed by atoms with Crippen LogP contribution in [0.15, 0.2) is 36.8 Å². The van der Waals surface area contributed by atoms with Gasteiger partial charge in [0.25, 0.3) is 0 Å². The maximum absolute atomic E-state index is 7.66. The van der Waals surface area contributed by atoms with Crippen molar-refractivity contribution in [3.05, 3.63) is 53.6 Å². The number of nitrogens with one attached hydrogen (secondary N) is 3. The highest BCUT2D eigenvalue weighted by Gasteiger charge is 2.14. The number of aromatic nitrogens is 2. The Kier molecular flexibility index (Phi) is 7.39. The molecule has 0 radical (unpaired) electrons. The molecular weight excluding hydrogens is 338 g/mol. The van der Waals surface area contributed by atoms with Gasteiger partial charge in [-0.15, -0.1) is 11.8 Å². The summed E-state index contributed by atoms with van der Waals surface area (Å²) in [7, 11) is 0. The van der Waals surface area contributed by atoms with Gasteiger partial charge in [0.2, 0.25) is 0 Å². The Morgan fingerprint density at radius 3 is 2.58 bits per heavy atom. The molecular formula is C17H23N5S2. The molecule has 2 rings (SSSR count). The quantitative estimate of drug-likeness (QED) is 0.426. The molecule has 1 atom stereocenters. The highest BCUT2D eigenvalue weighted by atomic mass is 32.2. The Hall–Kier alpha value is -1.73. The minimum absolute atomic E-state index is 0.172. The van der Waals surface area contributed by atoms with Crippen LogP contribution in [0.25, 0.3) is 0 Å². The van der Waals surface area contributed by atoms with Gasteiger partial charge < -0.3 is 10.7 Å². The molecule has 24 heavy (non-hydrogen) atoms. The van der Waals surface area contributed by atoms with Crippen LogP contribution in [0.1, 0.15) is 29.7 Å². The second kappa shape index (κ2) is 9.54. The van der Waals surface area contributed by atoms with Gasteiger partial charge >= 0.3 is 0 Å². The summed E-state index contributed by atoms with van der Waals surface area (Å²) in [6.07, 6.45) is 5.36. The Bertz CT molecular complexity index is 652. The number of H-pyrrole nitrogens is 1. The summed E-state index contributed by atoms with van der Waals surface area (Å²) < 4.78 is 0. The topological polar surface area (TPSA) is 102 Å². The smallest absolute Gasteiger partial charge is 0.151 e. The third-order valence-electron chi connectivity index (χ3n) is 3.62. The third-order valence-corrected chi connectivity index (χ3v) is 5.34. The van der Waals surface area contributed by atoms with Crippen molar-refractivity contribution in [2.24, 2.45) is 5.73 Å². The van der Waals surface area contributed by atoms with E-state index in [0.29, 0.717) is 11.0 Å². The van der Waals surface area contributed by atoms with Gasteiger partial charge in [-0.1, -0.05) is 36.0 Å². The van der Waals surface area contributed by atoms with Crippen LogP contribution in [0.5, 0.6) is 0 Å². The van der Waals surface area contributed by atoms with E-state index in [2.05, 4.69) is 34.2 Å². The van der Waals surface area contributed by atoms with Crippen molar-refractivity contribution in [1.29, 1.82) is 10.8 Å². The average molecular weight is 362 g/mol. The molecule has 2 aromatic rings. The molecule has 128 valence electrons. The minimum Gasteiger partial charge on any atom is -0.379 e. The summed E-state index contributed by atoms with van der Waals surface area (Å²) in [6.45, 7) is 1.83. The average Bonchev–Trinajstić information content (AvgIpc) is 3.05. The van der Waals surface area contributed by atoms with Crippen molar-refractivity contribution in [3.8, 4) is 0 Å². The van der Waals surface area contributed by atoms with Crippen molar-refractivity contribution in [2.75, 3.05) is 11.5 Å². The number of aromatic amines is 1. The molecule has 1 aromatic carbocycles. The number of hydrogen-bond donors (Lipinski definition) is 4. The van der Waals surface area contributed by atoms with Crippen LogP contribution in [0.4, 0.5) is 0 Å². The molecule has 0 unspecified atom stereocenters. The van der Waals surface area contributed by atoms with Gasteiger partial charge in [-0.05, 0) is 36.8 Å². The lowest BCUT2D eigenvalue weighted by molar-refractivity contribution is 0.756. The number of rotatable bonds is 8. The van der Waals surface area contributed by atoms with E-state index in [1.807, 2.05) is 13.1 Å². The van der Waals surface area contributed by atoms with E-state index < -0.39 is 0 Å². The van der Waals surface area contributed by atoms with Gasteiger partial charge in [-0.25, -0.2) is 4.98 Å². The molecule has 0 saturated heterocycles. The fraction of sp³-hybridized carbons (Fsp3) is 0.353. The van der Waals surface area contributed by atoms with Gasteiger partial charge in [-0.2, -0.15) is 0 Å². The van der Waals surface area contributed by atoms with Gasteiger partial charge in [0.05, 0.1) is 11.4 Å². The van der Waals surface area contributed by atoms with E-state index in [0.717, 1.165) is 30.0 Å². The van der Waals surface area contributed by atoms with E-state index in [9.17, 15) is 0 Å². The summed E-state index contributed by atoms with van der Waals surface area (Å²) in [6, 6.07) is 8.65. The molecule has 1 heterocycles. The monoisotopic (exact) mass is 361 g/mol. The van der Waals surface area contributed by atoms with Crippen molar-refractivity contribution in [2.45, 2.75) is 25.7 Å². The van der Waals surface area contributed by atoms with E-state index >= 15 is 0 Å². The maximum Gasteiger partial charge on any atom is 0.151 e. The van der Waals surface area contributed by atoms with Gasteiger partial charge in [-0.3, -0.25) is 10.8 Å². The van der Waals surface area contributed by atoms with Crippen molar-refractivity contribution in [1.82, 2.24) is 9.97 Å². The molecule has 0 aliphatic rings. The number of aryl methyl sites for hydroxylation is 1. The van der Waals surface area contributed by atoms with E-state index in [1.165, 1.54) is 22.9 Å². The molecule has 0 fully saturated rings. The Balaban J connectivity index is 2.01. The summed E-state index contributed by atoms with van der Waals surface area (Å²) >= 11 is 2.96. The van der Waals surface area contributed by atoms with E-state index in [1.54, 1.807) is 18.1 Å². The molecule has 0 spiro atoms. The number of benzene rings is 1. The molecule has 1 aromatic heterocycles. The highest BCUT2D eigenvalue weighted by Crippen LogP contribution is 2.25. The zero-order valence-electron chi connectivity index (χ0n) is 13.7. The molecule has 0 amide bonds. The minimum atomic E-state index is 0.172. The number of amidine groups is 1. The summed E-state index contributed by atoms with van der Waals surface area (Å²) in [5.74, 6) is 2.06. The van der Waals surface area contributed by atoms with Crippen molar-refractivity contribution < 1.29 is 0 Å². The normalized spacial score (nSPS) is 12.0. The summed E-state index contributed by atoms with van der Waals surface area (Å²) in [5, 5.41) is 15.7. The fourth-order valence-electron chi connectivity index (χ4n) is 2.40.